The highest BCUT2D eigenvalue weighted by Crippen LogP contribution is 2.21. The predicted molar refractivity (Wildman–Crippen MR) is 107 cm³/mol. The highest BCUT2D eigenvalue weighted by Gasteiger charge is 2.17. The second-order valence-electron chi connectivity index (χ2n) is 5.99. The first-order valence-electron chi connectivity index (χ1n) is 8.70. The van der Waals surface area contributed by atoms with Gasteiger partial charge in [-0.15, -0.1) is 0 Å². The van der Waals surface area contributed by atoms with Crippen LogP contribution in [0.25, 0.3) is 5.57 Å². The Bertz CT molecular complexity index is 767. The van der Waals surface area contributed by atoms with Gasteiger partial charge in [-0.05, 0) is 37.3 Å². The van der Waals surface area contributed by atoms with Gasteiger partial charge < -0.3 is 10.6 Å². The molecule has 3 rings (SSSR count). The second-order valence-corrected chi connectivity index (χ2v) is 6.97. The summed E-state index contributed by atoms with van der Waals surface area (Å²) in [7, 11) is 0. The fourth-order valence-corrected chi connectivity index (χ4v) is 3.55. The molecule has 1 atom stereocenters. The van der Waals surface area contributed by atoms with E-state index in [1.165, 1.54) is 11.3 Å². The SMILES string of the molecule is CC/C(=C\N=C1CC=CC=C1NC1NC(C)=CS1)c1cnn(CC)c1. The summed E-state index contributed by atoms with van der Waals surface area (Å²) in [4.78, 5) is 4.79. The molecular weight excluding hydrogens is 330 g/mol. The molecule has 2 heterocycles. The minimum atomic E-state index is 0.167. The summed E-state index contributed by atoms with van der Waals surface area (Å²) in [5, 5.41) is 13.4. The summed E-state index contributed by atoms with van der Waals surface area (Å²) in [6.07, 6.45) is 14.1. The maximum atomic E-state index is 4.79. The van der Waals surface area contributed by atoms with E-state index < -0.39 is 0 Å². The lowest BCUT2D eigenvalue weighted by molar-refractivity contribution is 0.659. The van der Waals surface area contributed by atoms with Crippen LogP contribution < -0.4 is 10.6 Å². The minimum absolute atomic E-state index is 0.167. The minimum Gasteiger partial charge on any atom is -0.360 e. The number of aromatic nitrogens is 2. The molecule has 1 aromatic rings. The Hall–Kier alpha value is -2.21. The lowest BCUT2D eigenvalue weighted by Crippen LogP contribution is -2.37. The van der Waals surface area contributed by atoms with Crippen molar-refractivity contribution < 1.29 is 0 Å². The average Bonchev–Trinajstić information content (AvgIpc) is 3.26. The number of aliphatic imine (C=N–C) groups is 1. The van der Waals surface area contributed by atoms with Crippen LogP contribution in [-0.4, -0.2) is 21.0 Å². The number of rotatable bonds is 6. The molecule has 2 N–H and O–H groups in total. The number of hydrogen-bond donors (Lipinski definition) is 2. The van der Waals surface area contributed by atoms with Crippen LogP contribution in [0, 0.1) is 0 Å². The highest BCUT2D eigenvalue weighted by molar-refractivity contribution is 8.02. The lowest BCUT2D eigenvalue weighted by atomic mass is 10.1. The van der Waals surface area contributed by atoms with Crippen LogP contribution in [0.4, 0.5) is 0 Å². The Kier molecular flexibility index (Phi) is 5.81. The lowest BCUT2D eigenvalue weighted by Gasteiger charge is -2.20. The number of thioether (sulfide) groups is 1. The molecule has 0 bridgehead atoms. The van der Waals surface area contributed by atoms with Crippen LogP contribution in [0.3, 0.4) is 0 Å². The molecule has 1 aliphatic heterocycles. The summed E-state index contributed by atoms with van der Waals surface area (Å²) < 4.78 is 1.94. The van der Waals surface area contributed by atoms with Gasteiger partial charge in [0.2, 0.25) is 0 Å². The summed E-state index contributed by atoms with van der Waals surface area (Å²) in [6.45, 7) is 7.20. The van der Waals surface area contributed by atoms with Crippen LogP contribution in [0.5, 0.6) is 0 Å². The van der Waals surface area contributed by atoms with Gasteiger partial charge in [0, 0.05) is 36.6 Å². The smallest absolute Gasteiger partial charge is 0.149 e. The Balaban J connectivity index is 1.75. The summed E-state index contributed by atoms with van der Waals surface area (Å²) in [6, 6.07) is 0. The zero-order valence-electron chi connectivity index (χ0n) is 15.0. The average molecular weight is 356 g/mol. The zero-order chi connectivity index (χ0) is 17.6. The molecule has 0 radical (unpaired) electrons. The fraction of sp³-hybridized carbons (Fsp3) is 0.368. The van der Waals surface area contributed by atoms with E-state index in [0.29, 0.717) is 0 Å². The molecule has 0 fully saturated rings. The van der Waals surface area contributed by atoms with E-state index in [9.17, 15) is 0 Å². The fourth-order valence-electron chi connectivity index (χ4n) is 2.69. The molecule has 6 heteroatoms. The Morgan fingerprint density at radius 2 is 2.40 bits per heavy atom. The monoisotopic (exact) mass is 355 g/mol. The maximum absolute atomic E-state index is 4.79. The summed E-state index contributed by atoms with van der Waals surface area (Å²) in [5.41, 5.74) is 5.84. The van der Waals surface area contributed by atoms with E-state index in [1.807, 2.05) is 17.1 Å². The van der Waals surface area contributed by atoms with Gasteiger partial charge in [-0.3, -0.25) is 9.67 Å². The molecular formula is C19H25N5S. The van der Waals surface area contributed by atoms with Gasteiger partial charge in [-0.1, -0.05) is 30.8 Å². The van der Waals surface area contributed by atoms with Gasteiger partial charge in [0.1, 0.15) is 5.50 Å². The van der Waals surface area contributed by atoms with Crippen LogP contribution >= 0.6 is 11.8 Å². The van der Waals surface area contributed by atoms with Crippen LogP contribution in [0.15, 0.2) is 58.6 Å². The molecule has 0 spiro atoms. The van der Waals surface area contributed by atoms with Crippen molar-refractivity contribution in [3.05, 3.63) is 59.2 Å². The van der Waals surface area contributed by atoms with Crippen LogP contribution in [-0.2, 0) is 6.54 Å². The maximum Gasteiger partial charge on any atom is 0.149 e. The molecule has 0 saturated heterocycles. The summed E-state index contributed by atoms with van der Waals surface area (Å²) >= 11 is 1.75. The predicted octanol–water partition coefficient (Wildman–Crippen LogP) is 4.01. The Morgan fingerprint density at radius 3 is 3.08 bits per heavy atom. The quantitative estimate of drug-likeness (QED) is 0.809. The number of nitrogens with zero attached hydrogens (tertiary/aromatic N) is 3. The van der Waals surface area contributed by atoms with Crippen molar-refractivity contribution in [3.63, 3.8) is 0 Å². The number of hydrogen-bond acceptors (Lipinski definition) is 5. The second kappa shape index (κ2) is 8.25. The number of aryl methyl sites for hydroxylation is 1. The first kappa shape index (κ1) is 17.6. The highest BCUT2D eigenvalue weighted by atomic mass is 32.2. The first-order chi connectivity index (χ1) is 12.2. The van der Waals surface area contributed by atoms with E-state index >= 15 is 0 Å². The molecule has 1 aliphatic carbocycles. The summed E-state index contributed by atoms with van der Waals surface area (Å²) in [5.74, 6) is 0. The van der Waals surface area contributed by atoms with Gasteiger partial charge in [0.05, 0.1) is 17.6 Å². The molecule has 5 nitrogen and oxygen atoms in total. The van der Waals surface area contributed by atoms with Crippen molar-refractivity contribution in [1.82, 2.24) is 20.4 Å². The molecule has 1 unspecified atom stereocenters. The third-order valence-corrected chi connectivity index (χ3v) is 5.13. The van der Waals surface area contributed by atoms with E-state index in [1.54, 1.807) is 11.8 Å². The molecule has 25 heavy (non-hydrogen) atoms. The van der Waals surface area contributed by atoms with E-state index in [-0.39, 0.29) is 5.50 Å². The largest absolute Gasteiger partial charge is 0.360 e. The molecule has 0 amide bonds. The number of allylic oxidation sites excluding steroid dienone is 6. The zero-order valence-corrected chi connectivity index (χ0v) is 15.8. The standard InChI is InChI=1S/C19H25N5S/c1-4-15(16-11-21-24(5-2)12-16)10-20-17-8-6-7-9-18(17)23-19-22-14(3)13-25-19/h6-7,9-13,19,22-23H,4-5,8H2,1-3H3/b15-10+,20-17?. The van der Waals surface area contributed by atoms with Crippen molar-refractivity contribution in [2.75, 3.05) is 0 Å². The van der Waals surface area contributed by atoms with E-state index in [4.69, 9.17) is 4.99 Å². The third-order valence-electron chi connectivity index (χ3n) is 4.13. The third kappa shape index (κ3) is 4.45. The van der Waals surface area contributed by atoms with E-state index in [0.717, 1.165) is 36.4 Å². The van der Waals surface area contributed by atoms with Crippen LogP contribution in [0.1, 0.15) is 39.2 Å². The molecule has 132 valence electrons. The van der Waals surface area contributed by atoms with E-state index in [2.05, 4.69) is 66.3 Å². The topological polar surface area (TPSA) is 54.2 Å². The molecule has 2 aliphatic rings. The van der Waals surface area contributed by atoms with Crippen molar-refractivity contribution >= 4 is 23.0 Å². The van der Waals surface area contributed by atoms with Gasteiger partial charge in [0.15, 0.2) is 0 Å². The van der Waals surface area contributed by atoms with Crippen molar-refractivity contribution in [2.24, 2.45) is 4.99 Å². The van der Waals surface area contributed by atoms with Crippen molar-refractivity contribution in [1.29, 1.82) is 0 Å². The van der Waals surface area contributed by atoms with Gasteiger partial charge in [-0.25, -0.2) is 0 Å². The van der Waals surface area contributed by atoms with Crippen molar-refractivity contribution in [3.8, 4) is 0 Å². The van der Waals surface area contributed by atoms with Crippen molar-refractivity contribution in [2.45, 2.75) is 45.7 Å². The molecule has 0 aromatic carbocycles. The van der Waals surface area contributed by atoms with Gasteiger partial charge in [-0.2, -0.15) is 5.10 Å². The van der Waals surface area contributed by atoms with Gasteiger partial charge >= 0.3 is 0 Å². The molecule has 0 saturated carbocycles. The first-order valence-corrected chi connectivity index (χ1v) is 9.65. The van der Waals surface area contributed by atoms with Gasteiger partial charge in [0.25, 0.3) is 0 Å². The number of nitrogens with one attached hydrogen (secondary N) is 2. The Labute approximate surface area is 153 Å². The normalized spacial score (nSPS) is 22.0. The molecule has 1 aromatic heterocycles. The Morgan fingerprint density at radius 1 is 1.52 bits per heavy atom. The van der Waals surface area contributed by atoms with Crippen LogP contribution in [0.2, 0.25) is 0 Å².